The number of halogens is 1. The number of nitrogens with zero attached hydrogens (tertiary/aromatic N) is 2. The van der Waals surface area contributed by atoms with Crippen LogP contribution in [0.3, 0.4) is 0 Å². The summed E-state index contributed by atoms with van der Waals surface area (Å²) < 4.78 is 26.5. The highest BCUT2D eigenvalue weighted by atomic mass is 19.1. The highest BCUT2D eigenvalue weighted by Gasteiger charge is 2.33. The van der Waals surface area contributed by atoms with Crippen molar-refractivity contribution in [2.24, 2.45) is 11.7 Å². The van der Waals surface area contributed by atoms with E-state index in [1.54, 1.807) is 11.0 Å². The standard InChI is InChI=1S/C34H47FN4O6/c1-23(2)13-18-45-31-21-39(33(42)26-10-3-5-11-27(26)35)16-15-38(14-7-8-17-44-22-30(40)32(31)41)34(43)28(36)19-24-20-37-29-12-6-4-9-25(24)29/h3-6,9-12,20,23,28,30-32,37,40-41H,7-8,13-19,21-22,36H2,1-2H3/t28-,30+,31+,32+/m0/s1. The molecule has 45 heavy (non-hydrogen) atoms. The van der Waals surface area contributed by atoms with Crippen LogP contribution >= 0.6 is 0 Å². The molecule has 0 saturated carbocycles. The summed E-state index contributed by atoms with van der Waals surface area (Å²) >= 11 is 0. The van der Waals surface area contributed by atoms with Crippen LogP contribution in [0.4, 0.5) is 4.39 Å². The molecule has 2 amide bonds. The molecule has 2 aromatic carbocycles. The fraction of sp³-hybridized carbons (Fsp3) is 0.529. The molecule has 2 heterocycles. The maximum absolute atomic E-state index is 14.8. The molecule has 11 heteroatoms. The summed E-state index contributed by atoms with van der Waals surface area (Å²) in [7, 11) is 0. The van der Waals surface area contributed by atoms with Crippen LogP contribution in [0.15, 0.2) is 54.7 Å². The number of fused-ring (bicyclic) bond motifs is 1. The van der Waals surface area contributed by atoms with Gasteiger partial charge in [0.2, 0.25) is 5.91 Å². The number of aromatic nitrogens is 1. The topological polar surface area (TPSA) is 141 Å². The molecule has 246 valence electrons. The number of nitrogens with one attached hydrogen (secondary N) is 1. The highest BCUT2D eigenvalue weighted by Crippen LogP contribution is 2.20. The van der Waals surface area contributed by atoms with Crippen molar-refractivity contribution in [3.8, 4) is 0 Å². The van der Waals surface area contributed by atoms with E-state index in [0.29, 0.717) is 51.4 Å². The van der Waals surface area contributed by atoms with E-state index >= 15 is 0 Å². The molecule has 0 spiro atoms. The largest absolute Gasteiger partial charge is 0.388 e. The maximum Gasteiger partial charge on any atom is 0.256 e. The van der Waals surface area contributed by atoms with Crippen molar-refractivity contribution in [1.29, 1.82) is 0 Å². The van der Waals surface area contributed by atoms with Crippen LogP contribution in [-0.2, 0) is 20.7 Å². The van der Waals surface area contributed by atoms with Crippen molar-refractivity contribution >= 4 is 22.7 Å². The molecule has 0 unspecified atom stereocenters. The second-order valence-corrected chi connectivity index (χ2v) is 12.2. The number of hydrogen-bond donors (Lipinski definition) is 4. The van der Waals surface area contributed by atoms with Crippen LogP contribution in [0.5, 0.6) is 0 Å². The minimum absolute atomic E-state index is 0.0437. The number of rotatable bonds is 8. The van der Waals surface area contributed by atoms with Crippen LogP contribution in [0.2, 0.25) is 0 Å². The molecule has 4 atom stereocenters. The Hall–Kier alpha value is -3.35. The van der Waals surface area contributed by atoms with Gasteiger partial charge in [0.25, 0.3) is 5.91 Å². The van der Waals surface area contributed by atoms with Crippen LogP contribution in [0.25, 0.3) is 10.9 Å². The lowest BCUT2D eigenvalue weighted by molar-refractivity contribution is -0.133. The maximum atomic E-state index is 14.8. The van der Waals surface area contributed by atoms with E-state index in [9.17, 15) is 24.2 Å². The fourth-order valence-corrected chi connectivity index (χ4v) is 5.50. The molecule has 1 aromatic heterocycles. The number of aromatic amines is 1. The van der Waals surface area contributed by atoms with Crippen LogP contribution in [-0.4, -0.2) is 107 Å². The van der Waals surface area contributed by atoms with Gasteiger partial charge >= 0.3 is 0 Å². The highest BCUT2D eigenvalue weighted by molar-refractivity contribution is 5.94. The zero-order valence-corrected chi connectivity index (χ0v) is 26.2. The first-order valence-corrected chi connectivity index (χ1v) is 15.8. The number of ether oxygens (including phenoxy) is 2. The Morgan fingerprint density at radius 3 is 2.58 bits per heavy atom. The lowest BCUT2D eigenvalue weighted by atomic mass is 10.0. The number of nitrogens with two attached hydrogens (primary N) is 1. The van der Waals surface area contributed by atoms with Gasteiger partial charge in [0, 0.05) is 56.5 Å². The van der Waals surface area contributed by atoms with E-state index in [2.05, 4.69) is 4.98 Å². The second kappa shape index (κ2) is 16.8. The molecule has 4 rings (SSSR count). The van der Waals surface area contributed by atoms with Crippen molar-refractivity contribution in [3.63, 3.8) is 0 Å². The molecule has 5 N–H and O–H groups in total. The number of para-hydroxylation sites is 1. The molecule has 10 nitrogen and oxygen atoms in total. The Labute approximate surface area is 264 Å². The van der Waals surface area contributed by atoms with E-state index in [4.69, 9.17) is 15.2 Å². The average molecular weight is 627 g/mol. The first-order valence-electron chi connectivity index (χ1n) is 15.8. The molecule has 3 aromatic rings. The van der Waals surface area contributed by atoms with Gasteiger partial charge in [-0.3, -0.25) is 9.59 Å². The first kappa shape index (κ1) is 34.5. The predicted molar refractivity (Wildman–Crippen MR) is 170 cm³/mol. The minimum atomic E-state index is -1.36. The number of aliphatic hydroxyl groups excluding tert-OH is 2. The van der Waals surface area contributed by atoms with Gasteiger partial charge in [-0.15, -0.1) is 0 Å². The minimum Gasteiger partial charge on any atom is -0.388 e. The smallest absolute Gasteiger partial charge is 0.256 e. The number of aliphatic hydroxyl groups is 2. The molecule has 1 aliphatic rings. The fourth-order valence-electron chi connectivity index (χ4n) is 5.50. The predicted octanol–water partition coefficient (Wildman–Crippen LogP) is 3.11. The molecular weight excluding hydrogens is 579 g/mol. The molecule has 1 aliphatic heterocycles. The molecule has 0 radical (unpaired) electrons. The van der Waals surface area contributed by atoms with Gasteiger partial charge in [-0.1, -0.05) is 44.2 Å². The second-order valence-electron chi connectivity index (χ2n) is 12.2. The SMILES string of the molecule is CC(C)CCO[C@@H]1CN(C(=O)c2ccccc2F)CCN(C(=O)[C@@H](N)Cc2c[nH]c3ccccc23)CCCCOC[C@@H](O)[C@H]1O. The van der Waals surface area contributed by atoms with Gasteiger partial charge in [0.1, 0.15) is 24.1 Å². The zero-order chi connectivity index (χ0) is 32.3. The first-order chi connectivity index (χ1) is 21.7. The van der Waals surface area contributed by atoms with Gasteiger partial charge in [0.15, 0.2) is 0 Å². The van der Waals surface area contributed by atoms with E-state index in [0.717, 1.165) is 16.5 Å². The number of H-pyrrole nitrogens is 1. The summed E-state index contributed by atoms with van der Waals surface area (Å²) in [6.45, 7) is 5.02. The summed E-state index contributed by atoms with van der Waals surface area (Å²) in [6, 6.07) is 12.7. The van der Waals surface area contributed by atoms with Crippen molar-refractivity contribution in [2.75, 3.05) is 46.0 Å². The van der Waals surface area contributed by atoms with E-state index in [-0.39, 0.29) is 37.7 Å². The number of carbonyl (C=O) groups excluding carboxylic acids is 2. The number of amides is 2. The Morgan fingerprint density at radius 1 is 1.07 bits per heavy atom. The van der Waals surface area contributed by atoms with Crippen LogP contribution in [0.1, 0.15) is 49.0 Å². The van der Waals surface area contributed by atoms with Gasteiger partial charge in [-0.05, 0) is 55.4 Å². The summed E-state index contributed by atoms with van der Waals surface area (Å²) in [5, 5.41) is 22.8. The molecule has 0 bridgehead atoms. The van der Waals surface area contributed by atoms with E-state index in [1.165, 1.54) is 23.1 Å². The van der Waals surface area contributed by atoms with Gasteiger partial charge in [-0.2, -0.15) is 0 Å². The lowest BCUT2D eigenvalue weighted by Gasteiger charge is -2.34. The Morgan fingerprint density at radius 2 is 1.80 bits per heavy atom. The average Bonchev–Trinajstić information content (AvgIpc) is 3.43. The quantitative estimate of drug-likeness (QED) is 0.301. The van der Waals surface area contributed by atoms with Crippen molar-refractivity contribution in [3.05, 3.63) is 71.7 Å². The van der Waals surface area contributed by atoms with Gasteiger partial charge in [-0.25, -0.2) is 4.39 Å². The zero-order valence-electron chi connectivity index (χ0n) is 26.2. The third kappa shape index (κ3) is 9.57. The molecule has 0 aliphatic carbocycles. The monoisotopic (exact) mass is 626 g/mol. The molecule has 1 fully saturated rings. The van der Waals surface area contributed by atoms with Crippen molar-refractivity contribution in [2.45, 2.75) is 63.9 Å². The Bertz CT molecular complexity index is 1380. The lowest BCUT2D eigenvalue weighted by Crippen LogP contribution is -2.52. The van der Waals surface area contributed by atoms with Gasteiger partial charge < -0.3 is 40.2 Å². The third-order valence-corrected chi connectivity index (χ3v) is 8.23. The van der Waals surface area contributed by atoms with Crippen LogP contribution < -0.4 is 5.73 Å². The van der Waals surface area contributed by atoms with Crippen LogP contribution in [0, 0.1) is 11.7 Å². The summed E-state index contributed by atoms with van der Waals surface area (Å²) in [5.74, 6) is -1.21. The van der Waals surface area contributed by atoms with E-state index < -0.39 is 36.1 Å². The summed E-state index contributed by atoms with van der Waals surface area (Å²) in [4.78, 5) is 33.8. The van der Waals surface area contributed by atoms with Gasteiger partial charge in [0.05, 0.1) is 18.2 Å². The third-order valence-electron chi connectivity index (χ3n) is 8.23. The van der Waals surface area contributed by atoms with Crippen molar-refractivity contribution in [1.82, 2.24) is 14.8 Å². The number of benzene rings is 2. The normalized spacial score (nSPS) is 21.5. The molecular formula is C34H47FN4O6. The van der Waals surface area contributed by atoms with E-state index in [1.807, 2.05) is 44.3 Å². The number of carbonyl (C=O) groups is 2. The summed E-state index contributed by atoms with van der Waals surface area (Å²) in [6.07, 6.45) is 0.522. The number of hydrogen-bond acceptors (Lipinski definition) is 7. The molecule has 1 saturated heterocycles. The Balaban J connectivity index is 1.58. The van der Waals surface area contributed by atoms with Crippen molar-refractivity contribution < 1.29 is 33.7 Å². The summed E-state index contributed by atoms with van der Waals surface area (Å²) in [5.41, 5.74) is 8.26. The Kier molecular flexibility index (Phi) is 12.9.